The van der Waals surface area contributed by atoms with E-state index in [4.69, 9.17) is 11.6 Å². The van der Waals surface area contributed by atoms with E-state index in [0.29, 0.717) is 25.8 Å². The number of hydrogen-bond acceptors (Lipinski definition) is 2. The highest BCUT2D eigenvalue weighted by molar-refractivity contribution is 6.31. The SMILES string of the molecule is CC(C)C1=CN(CCCC(C)(C)C(=O)O)C(=O)C[C@@]1(C)c1ccc(CCC(C)(C)C)c(Cl)c1. The number of halogens is 1. The molecule has 0 spiro atoms. The predicted molar refractivity (Wildman–Crippen MR) is 136 cm³/mol. The van der Waals surface area contributed by atoms with E-state index in [1.807, 2.05) is 12.3 Å². The van der Waals surface area contributed by atoms with Crippen molar-refractivity contribution in [1.82, 2.24) is 4.90 Å². The summed E-state index contributed by atoms with van der Waals surface area (Å²) >= 11 is 6.71. The molecule has 0 radical (unpaired) electrons. The van der Waals surface area contributed by atoms with Gasteiger partial charge in [0.1, 0.15) is 0 Å². The average molecular weight is 476 g/mol. The lowest BCUT2D eigenvalue weighted by atomic mass is 9.68. The van der Waals surface area contributed by atoms with Crippen LogP contribution in [-0.2, 0) is 21.4 Å². The maximum atomic E-state index is 13.1. The van der Waals surface area contributed by atoms with Crippen LogP contribution in [0.5, 0.6) is 0 Å². The summed E-state index contributed by atoms with van der Waals surface area (Å²) in [5.74, 6) is -0.468. The topological polar surface area (TPSA) is 57.6 Å². The fourth-order valence-electron chi connectivity index (χ4n) is 4.53. The third-order valence-corrected chi connectivity index (χ3v) is 7.35. The van der Waals surface area contributed by atoms with Crippen molar-refractivity contribution in [3.8, 4) is 0 Å². The molecular weight excluding hydrogens is 434 g/mol. The molecule has 1 aliphatic heterocycles. The molecule has 1 N–H and O–H groups in total. The van der Waals surface area contributed by atoms with Crippen LogP contribution in [0.25, 0.3) is 0 Å². The normalized spacial score (nSPS) is 19.8. The molecule has 1 aromatic rings. The number of hydrogen-bond donors (Lipinski definition) is 1. The largest absolute Gasteiger partial charge is 0.481 e. The molecule has 2 rings (SSSR count). The zero-order valence-electron chi connectivity index (χ0n) is 21.7. The number of amides is 1. The Kier molecular flexibility index (Phi) is 8.49. The zero-order valence-corrected chi connectivity index (χ0v) is 22.5. The van der Waals surface area contributed by atoms with E-state index >= 15 is 0 Å². The molecule has 0 saturated carbocycles. The van der Waals surface area contributed by atoms with Crippen molar-refractivity contribution >= 4 is 23.5 Å². The molecule has 1 amide bonds. The van der Waals surface area contributed by atoms with Gasteiger partial charge in [0.15, 0.2) is 0 Å². The number of aliphatic carboxylic acids is 1. The number of nitrogens with zero attached hydrogens (tertiary/aromatic N) is 1. The number of aryl methyl sites for hydroxylation is 1. The Morgan fingerprint density at radius 3 is 2.33 bits per heavy atom. The first-order valence-corrected chi connectivity index (χ1v) is 12.5. The standard InChI is InChI=1S/C28H42ClNO3/c1-19(2)22-18-30(15-9-13-27(6,7)25(32)33)24(31)17-28(22,8)21-11-10-20(23(29)16-21)12-14-26(3,4)5/h10-11,16,18-19H,9,12-15,17H2,1-8H3,(H,32,33)/t28-/m0/s1. The van der Waals surface area contributed by atoms with Crippen LogP contribution in [0.1, 0.15) is 92.2 Å². The maximum Gasteiger partial charge on any atom is 0.309 e. The lowest BCUT2D eigenvalue weighted by molar-refractivity contribution is -0.147. The smallest absolute Gasteiger partial charge is 0.309 e. The van der Waals surface area contributed by atoms with Crippen LogP contribution in [0.3, 0.4) is 0 Å². The van der Waals surface area contributed by atoms with Crippen molar-refractivity contribution in [1.29, 1.82) is 0 Å². The highest BCUT2D eigenvalue weighted by Crippen LogP contribution is 2.44. The lowest BCUT2D eigenvalue weighted by Gasteiger charge is -2.41. The Hall–Kier alpha value is -1.81. The van der Waals surface area contributed by atoms with Gasteiger partial charge < -0.3 is 10.0 Å². The fraction of sp³-hybridized carbons (Fsp3) is 0.643. The summed E-state index contributed by atoms with van der Waals surface area (Å²) in [7, 11) is 0. The number of benzene rings is 1. The molecule has 0 aliphatic carbocycles. The molecule has 5 heteroatoms. The van der Waals surface area contributed by atoms with Gasteiger partial charge in [-0.15, -0.1) is 0 Å². The highest BCUT2D eigenvalue weighted by Gasteiger charge is 2.40. The van der Waals surface area contributed by atoms with E-state index in [1.165, 1.54) is 5.57 Å². The molecule has 1 atom stereocenters. The van der Waals surface area contributed by atoms with Gasteiger partial charge in [-0.3, -0.25) is 9.59 Å². The van der Waals surface area contributed by atoms with Crippen LogP contribution < -0.4 is 0 Å². The minimum atomic E-state index is -0.804. The molecular formula is C28H42ClNO3. The van der Waals surface area contributed by atoms with Crippen LogP contribution in [-0.4, -0.2) is 28.4 Å². The van der Waals surface area contributed by atoms with E-state index in [9.17, 15) is 14.7 Å². The van der Waals surface area contributed by atoms with Gasteiger partial charge >= 0.3 is 5.97 Å². The minimum Gasteiger partial charge on any atom is -0.481 e. The number of carbonyl (C=O) groups is 2. The molecule has 1 aromatic carbocycles. The summed E-state index contributed by atoms with van der Waals surface area (Å²) in [6.45, 7) is 17.2. The second kappa shape index (κ2) is 10.2. The van der Waals surface area contributed by atoms with Gasteiger partial charge in [-0.2, -0.15) is 0 Å². The summed E-state index contributed by atoms with van der Waals surface area (Å²) in [6, 6.07) is 6.31. The second-order valence-electron chi connectivity index (χ2n) is 12.0. The highest BCUT2D eigenvalue weighted by atomic mass is 35.5. The van der Waals surface area contributed by atoms with Crippen molar-refractivity contribution in [2.24, 2.45) is 16.7 Å². The summed E-state index contributed by atoms with van der Waals surface area (Å²) < 4.78 is 0. The van der Waals surface area contributed by atoms with Crippen LogP contribution >= 0.6 is 11.6 Å². The Labute approximate surface area is 205 Å². The van der Waals surface area contributed by atoms with Gasteiger partial charge in [0.25, 0.3) is 0 Å². The van der Waals surface area contributed by atoms with E-state index in [-0.39, 0.29) is 17.2 Å². The third kappa shape index (κ3) is 6.85. The summed E-state index contributed by atoms with van der Waals surface area (Å²) in [5, 5.41) is 10.1. The van der Waals surface area contributed by atoms with Crippen LogP contribution in [0, 0.1) is 16.7 Å². The molecule has 1 aliphatic rings. The van der Waals surface area contributed by atoms with Gasteiger partial charge in [0.05, 0.1) is 5.41 Å². The van der Waals surface area contributed by atoms with E-state index in [2.05, 4.69) is 53.7 Å². The molecule has 1 heterocycles. The molecule has 0 fully saturated rings. The van der Waals surface area contributed by atoms with Crippen LogP contribution in [0.15, 0.2) is 30.0 Å². The first kappa shape index (κ1) is 27.4. The predicted octanol–water partition coefficient (Wildman–Crippen LogP) is 7.24. The van der Waals surface area contributed by atoms with Gasteiger partial charge in [0, 0.05) is 29.6 Å². The molecule has 33 heavy (non-hydrogen) atoms. The second-order valence-corrected chi connectivity index (χ2v) is 12.4. The first-order chi connectivity index (χ1) is 15.1. The number of carboxylic acids is 1. The Balaban J connectivity index is 2.27. The van der Waals surface area contributed by atoms with Gasteiger partial charge in [-0.1, -0.05) is 65.3 Å². The molecule has 0 saturated heterocycles. The van der Waals surface area contributed by atoms with Gasteiger partial charge in [-0.25, -0.2) is 0 Å². The van der Waals surface area contributed by atoms with Crippen molar-refractivity contribution in [2.45, 2.75) is 92.9 Å². The summed E-state index contributed by atoms with van der Waals surface area (Å²) in [4.78, 5) is 26.3. The Bertz CT molecular complexity index is 910. The van der Waals surface area contributed by atoms with Crippen molar-refractivity contribution in [3.05, 3.63) is 46.1 Å². The van der Waals surface area contributed by atoms with Crippen LogP contribution in [0.4, 0.5) is 0 Å². The lowest BCUT2D eigenvalue weighted by Crippen LogP contribution is -2.42. The molecule has 0 aromatic heterocycles. The average Bonchev–Trinajstić information content (AvgIpc) is 2.67. The Morgan fingerprint density at radius 1 is 1.18 bits per heavy atom. The zero-order chi connectivity index (χ0) is 25.2. The fourth-order valence-corrected chi connectivity index (χ4v) is 4.81. The van der Waals surface area contributed by atoms with Crippen molar-refractivity contribution in [2.75, 3.05) is 6.54 Å². The van der Waals surface area contributed by atoms with Crippen molar-refractivity contribution in [3.63, 3.8) is 0 Å². The Morgan fingerprint density at radius 2 is 1.82 bits per heavy atom. The molecule has 0 bridgehead atoms. The molecule has 0 unspecified atom stereocenters. The maximum absolute atomic E-state index is 13.1. The number of rotatable bonds is 9. The van der Waals surface area contributed by atoms with Gasteiger partial charge in [0.2, 0.25) is 5.91 Å². The van der Waals surface area contributed by atoms with Crippen molar-refractivity contribution < 1.29 is 14.7 Å². The third-order valence-electron chi connectivity index (χ3n) is 6.99. The number of allylic oxidation sites excluding steroid dienone is 1. The number of carbonyl (C=O) groups excluding carboxylic acids is 1. The minimum absolute atomic E-state index is 0.0722. The number of carboxylic acid groups (broad SMARTS) is 1. The first-order valence-electron chi connectivity index (χ1n) is 12.1. The molecule has 184 valence electrons. The van der Waals surface area contributed by atoms with E-state index in [1.54, 1.807) is 18.7 Å². The summed E-state index contributed by atoms with van der Waals surface area (Å²) in [5.41, 5.74) is 2.49. The quantitative estimate of drug-likeness (QED) is 0.409. The van der Waals surface area contributed by atoms with E-state index < -0.39 is 16.8 Å². The molecule has 4 nitrogen and oxygen atoms in total. The summed E-state index contributed by atoms with van der Waals surface area (Å²) in [6.07, 6.45) is 5.57. The van der Waals surface area contributed by atoms with Crippen LogP contribution in [0.2, 0.25) is 5.02 Å². The monoisotopic (exact) mass is 475 g/mol. The van der Waals surface area contributed by atoms with Gasteiger partial charge in [-0.05, 0) is 73.6 Å². The van der Waals surface area contributed by atoms with E-state index in [0.717, 1.165) is 29.0 Å².